The topological polar surface area (TPSA) is 159 Å². The van der Waals surface area contributed by atoms with Crippen molar-refractivity contribution in [3.63, 3.8) is 0 Å². The molecule has 0 aliphatic heterocycles. The molecule has 0 bridgehead atoms. The number of halogens is 1. The van der Waals surface area contributed by atoms with E-state index in [0.29, 0.717) is 45.6 Å². The average molecular weight is 555 g/mol. The van der Waals surface area contributed by atoms with Crippen LogP contribution in [0.2, 0.25) is 5.02 Å². The highest BCUT2D eigenvalue weighted by atomic mass is 35.5. The Morgan fingerprint density at radius 1 is 1.03 bits per heavy atom. The van der Waals surface area contributed by atoms with Crippen LogP contribution >= 0.6 is 11.6 Å². The van der Waals surface area contributed by atoms with E-state index in [1.807, 2.05) is 0 Å². The zero-order valence-corrected chi connectivity index (χ0v) is 21.9. The zero-order chi connectivity index (χ0) is 28.4. The monoisotopic (exact) mass is 554 g/mol. The molecule has 0 aliphatic carbocycles. The van der Waals surface area contributed by atoms with Crippen LogP contribution < -0.4 is 25.4 Å². The Bertz CT molecular complexity index is 1360. The molecular formula is C27H27ClN4O7. The van der Waals surface area contributed by atoms with Crippen molar-refractivity contribution in [1.82, 2.24) is 5.32 Å². The van der Waals surface area contributed by atoms with Gasteiger partial charge < -0.3 is 30.0 Å². The average Bonchev–Trinajstić information content (AvgIpc) is 2.92. The number of alkyl carbamates (subject to hydrolysis) is 1. The Morgan fingerprint density at radius 2 is 1.77 bits per heavy atom. The number of anilines is 2. The number of carbonyl (C=O) groups excluding carboxylic acids is 2. The van der Waals surface area contributed by atoms with Gasteiger partial charge in [0.15, 0.2) is 18.1 Å². The highest BCUT2D eigenvalue weighted by Crippen LogP contribution is 2.32. The van der Waals surface area contributed by atoms with E-state index in [0.717, 1.165) is 0 Å². The fourth-order valence-corrected chi connectivity index (χ4v) is 3.63. The van der Waals surface area contributed by atoms with Crippen molar-refractivity contribution < 1.29 is 33.7 Å². The number of rotatable bonds is 11. The largest absolute Gasteiger partial charge is 0.490 e. The number of carbonyl (C=O) groups is 3. The van der Waals surface area contributed by atoms with Gasteiger partial charge in [-0.2, -0.15) is 0 Å². The van der Waals surface area contributed by atoms with Crippen molar-refractivity contribution in [2.45, 2.75) is 13.5 Å². The lowest BCUT2D eigenvalue weighted by molar-refractivity contribution is -0.139. The molecule has 0 heterocycles. The molecule has 0 saturated heterocycles. The Hall–Kier alpha value is -4.77. The van der Waals surface area contributed by atoms with Gasteiger partial charge in [0.1, 0.15) is 5.84 Å². The summed E-state index contributed by atoms with van der Waals surface area (Å²) < 4.78 is 15.6. The van der Waals surface area contributed by atoms with Gasteiger partial charge in [-0.3, -0.25) is 15.5 Å². The van der Waals surface area contributed by atoms with Crippen LogP contribution in [0, 0.1) is 5.41 Å². The number of hydrogen-bond donors (Lipinski definition) is 5. The van der Waals surface area contributed by atoms with Gasteiger partial charge in [0.25, 0.3) is 5.91 Å². The van der Waals surface area contributed by atoms with Crippen molar-refractivity contribution in [3.05, 3.63) is 82.4 Å². The minimum atomic E-state index is -1.12. The third kappa shape index (κ3) is 8.11. The van der Waals surface area contributed by atoms with E-state index in [2.05, 4.69) is 20.7 Å². The number of carboxylic acid groups (broad SMARTS) is 1. The Kier molecular flexibility index (Phi) is 10.1. The number of ether oxygens (including phenoxy) is 3. The number of amidine groups is 1. The standard InChI is InChI=1S/C27H27ClN4O7/c1-3-38-22-6-4-5-17(24(22)39-15-23(33)34)14-30-21-12-9-18(28)13-20(21)26(35)31-19-10-7-16(8-11-19)25(29)32-27(36)37-2/h4-13,30H,3,14-15H2,1-2H3,(H,31,35)(H,33,34)(H2,29,32,36). The van der Waals surface area contributed by atoms with Crippen LogP contribution in [0.1, 0.15) is 28.4 Å². The number of para-hydroxylation sites is 1. The van der Waals surface area contributed by atoms with Gasteiger partial charge in [0.2, 0.25) is 0 Å². The molecule has 3 rings (SSSR count). The molecule has 0 spiro atoms. The molecule has 12 heteroatoms. The normalized spacial score (nSPS) is 10.2. The molecule has 3 aromatic rings. The van der Waals surface area contributed by atoms with Crippen molar-refractivity contribution in [1.29, 1.82) is 5.41 Å². The number of amides is 2. The fourth-order valence-electron chi connectivity index (χ4n) is 3.46. The zero-order valence-electron chi connectivity index (χ0n) is 21.2. The number of aliphatic carboxylic acids is 1. The lowest BCUT2D eigenvalue weighted by Crippen LogP contribution is -2.30. The lowest BCUT2D eigenvalue weighted by atomic mass is 10.1. The summed E-state index contributed by atoms with van der Waals surface area (Å²) in [7, 11) is 1.20. The summed E-state index contributed by atoms with van der Waals surface area (Å²) in [6.45, 7) is 1.83. The van der Waals surface area contributed by atoms with Crippen LogP contribution in [0.25, 0.3) is 0 Å². The molecule has 0 aliphatic rings. The second-order valence-corrected chi connectivity index (χ2v) is 8.36. The van der Waals surface area contributed by atoms with E-state index in [9.17, 15) is 14.4 Å². The maximum absolute atomic E-state index is 13.1. The molecule has 0 unspecified atom stereocenters. The molecule has 204 valence electrons. The Balaban J connectivity index is 1.77. The molecular weight excluding hydrogens is 528 g/mol. The van der Waals surface area contributed by atoms with Crippen molar-refractivity contribution >= 4 is 46.8 Å². The van der Waals surface area contributed by atoms with E-state index in [1.54, 1.807) is 61.5 Å². The van der Waals surface area contributed by atoms with Gasteiger partial charge in [-0.25, -0.2) is 9.59 Å². The van der Waals surface area contributed by atoms with Crippen LogP contribution in [0.4, 0.5) is 16.2 Å². The van der Waals surface area contributed by atoms with Gasteiger partial charge >= 0.3 is 12.1 Å². The van der Waals surface area contributed by atoms with Crippen LogP contribution in [0.5, 0.6) is 11.5 Å². The molecule has 0 atom stereocenters. The predicted octanol–water partition coefficient (Wildman–Crippen LogP) is 4.75. The molecule has 3 aromatic carbocycles. The first-order valence-corrected chi connectivity index (χ1v) is 12.1. The summed E-state index contributed by atoms with van der Waals surface area (Å²) in [5, 5.41) is 25.6. The fraction of sp³-hybridized carbons (Fsp3) is 0.185. The van der Waals surface area contributed by atoms with E-state index in [1.165, 1.54) is 13.2 Å². The number of hydrogen-bond acceptors (Lipinski definition) is 8. The Morgan fingerprint density at radius 3 is 2.44 bits per heavy atom. The number of nitrogens with one attached hydrogen (secondary N) is 4. The van der Waals surface area contributed by atoms with Gasteiger partial charge in [0, 0.05) is 34.1 Å². The van der Waals surface area contributed by atoms with Gasteiger partial charge in [-0.1, -0.05) is 23.7 Å². The minimum absolute atomic E-state index is 0.152. The van der Waals surface area contributed by atoms with Crippen LogP contribution in [-0.4, -0.2) is 49.2 Å². The number of carboxylic acids is 1. The van der Waals surface area contributed by atoms with Crippen molar-refractivity contribution in [3.8, 4) is 11.5 Å². The summed E-state index contributed by atoms with van der Waals surface area (Å²) in [5.74, 6) is -1.02. The van der Waals surface area contributed by atoms with E-state index < -0.39 is 24.6 Å². The summed E-state index contributed by atoms with van der Waals surface area (Å²) in [6.07, 6.45) is -0.761. The van der Waals surface area contributed by atoms with Crippen LogP contribution in [0.15, 0.2) is 60.7 Å². The first-order chi connectivity index (χ1) is 18.7. The molecule has 0 fully saturated rings. The van der Waals surface area contributed by atoms with Gasteiger partial charge in [0.05, 0.1) is 19.3 Å². The number of benzene rings is 3. The third-order valence-electron chi connectivity index (χ3n) is 5.24. The SMILES string of the molecule is CCOc1cccc(CNc2ccc(Cl)cc2C(=O)Nc2ccc(C(=N)NC(=O)OC)cc2)c1OCC(=O)O. The van der Waals surface area contributed by atoms with Gasteiger partial charge in [-0.05, 0) is 55.5 Å². The minimum Gasteiger partial charge on any atom is -0.490 e. The Labute approximate surface area is 229 Å². The highest BCUT2D eigenvalue weighted by molar-refractivity contribution is 6.31. The summed E-state index contributed by atoms with van der Waals surface area (Å²) >= 11 is 6.17. The molecule has 0 saturated carbocycles. The molecule has 0 aromatic heterocycles. The van der Waals surface area contributed by atoms with E-state index in [-0.39, 0.29) is 17.9 Å². The molecule has 0 radical (unpaired) electrons. The molecule has 39 heavy (non-hydrogen) atoms. The number of methoxy groups -OCH3 is 1. The summed E-state index contributed by atoms with van der Waals surface area (Å²) in [6, 6.07) is 16.3. The maximum Gasteiger partial charge on any atom is 0.412 e. The van der Waals surface area contributed by atoms with Crippen molar-refractivity contribution in [2.75, 3.05) is 31.0 Å². The van der Waals surface area contributed by atoms with E-state index in [4.69, 9.17) is 31.6 Å². The highest BCUT2D eigenvalue weighted by Gasteiger charge is 2.16. The lowest BCUT2D eigenvalue weighted by Gasteiger charge is -2.17. The van der Waals surface area contributed by atoms with E-state index >= 15 is 0 Å². The molecule has 11 nitrogen and oxygen atoms in total. The first kappa shape index (κ1) is 28.8. The predicted molar refractivity (Wildman–Crippen MR) is 146 cm³/mol. The quantitative estimate of drug-likeness (QED) is 0.168. The second-order valence-electron chi connectivity index (χ2n) is 7.93. The molecule has 2 amide bonds. The maximum atomic E-state index is 13.1. The van der Waals surface area contributed by atoms with Crippen LogP contribution in [0.3, 0.4) is 0 Å². The smallest absolute Gasteiger partial charge is 0.412 e. The molecule has 5 N–H and O–H groups in total. The second kappa shape index (κ2) is 13.7. The van der Waals surface area contributed by atoms with Crippen LogP contribution in [-0.2, 0) is 16.1 Å². The van der Waals surface area contributed by atoms with Gasteiger partial charge in [-0.15, -0.1) is 0 Å². The summed E-state index contributed by atoms with van der Waals surface area (Å²) in [5.41, 5.74) is 2.24. The van der Waals surface area contributed by atoms with Crippen molar-refractivity contribution in [2.24, 2.45) is 0 Å². The first-order valence-electron chi connectivity index (χ1n) is 11.7. The third-order valence-corrected chi connectivity index (χ3v) is 5.47. The summed E-state index contributed by atoms with van der Waals surface area (Å²) in [4.78, 5) is 35.5.